The lowest BCUT2D eigenvalue weighted by Crippen LogP contribution is -2.32. The number of nitrogens with one attached hydrogen (secondary N) is 1. The average Bonchev–Trinajstić information content (AvgIpc) is 3.30. The summed E-state index contributed by atoms with van der Waals surface area (Å²) < 4.78 is 53.5. The Labute approximate surface area is 214 Å². The lowest BCUT2D eigenvalue weighted by molar-refractivity contribution is -0.0941. The minimum Gasteiger partial charge on any atom is -0.494 e. The van der Waals surface area contributed by atoms with Crippen LogP contribution >= 0.6 is 11.6 Å². The van der Waals surface area contributed by atoms with Gasteiger partial charge >= 0.3 is 0 Å². The summed E-state index contributed by atoms with van der Waals surface area (Å²) in [4.78, 5) is 8.33. The van der Waals surface area contributed by atoms with Crippen molar-refractivity contribution < 1.29 is 27.4 Å². The Morgan fingerprint density at radius 2 is 1.78 bits per heavy atom. The normalized spacial score (nSPS) is 17.9. The van der Waals surface area contributed by atoms with Crippen molar-refractivity contribution in [3.8, 4) is 17.2 Å². The highest BCUT2D eigenvalue weighted by Crippen LogP contribution is 2.37. The second-order valence-corrected chi connectivity index (χ2v) is 10.5. The molecule has 3 heterocycles. The van der Waals surface area contributed by atoms with Crippen LogP contribution in [0.15, 0.2) is 30.6 Å². The molecule has 0 bridgehead atoms. The van der Waals surface area contributed by atoms with Gasteiger partial charge in [-0.15, -0.1) is 10.2 Å². The van der Waals surface area contributed by atoms with Crippen molar-refractivity contribution in [2.45, 2.75) is 31.1 Å². The van der Waals surface area contributed by atoms with Gasteiger partial charge in [-0.2, -0.15) is 0 Å². The van der Waals surface area contributed by atoms with Crippen LogP contribution in [0.5, 0.6) is 11.5 Å². The Kier molecular flexibility index (Phi) is 7.93. The third-order valence-electron chi connectivity index (χ3n) is 5.89. The zero-order valence-corrected chi connectivity index (χ0v) is 21.8. The molecule has 2 unspecified atom stereocenters. The van der Waals surface area contributed by atoms with Gasteiger partial charge in [-0.25, -0.2) is 18.4 Å². The molecular weight excluding hydrogens is 512 g/mol. The molecule has 0 radical (unpaired) electrons. The summed E-state index contributed by atoms with van der Waals surface area (Å²) in [5.41, 5.74) is 0.413. The summed E-state index contributed by atoms with van der Waals surface area (Å²) >= 11 is 5.87. The van der Waals surface area contributed by atoms with Gasteiger partial charge in [-0.05, 0) is 19.1 Å². The number of halogens is 1. The number of hydrogen-bond donors (Lipinski definition) is 1. The Balaban J connectivity index is 1.77. The van der Waals surface area contributed by atoms with Gasteiger partial charge in [-0.3, -0.25) is 9.29 Å². The topological polar surface area (TPSA) is 140 Å². The van der Waals surface area contributed by atoms with E-state index in [2.05, 4.69) is 24.9 Å². The van der Waals surface area contributed by atoms with Crippen LogP contribution in [-0.4, -0.2) is 72.4 Å². The van der Waals surface area contributed by atoms with E-state index in [4.69, 9.17) is 30.5 Å². The molecule has 1 aliphatic rings. The first-order valence-electron chi connectivity index (χ1n) is 11.1. The van der Waals surface area contributed by atoms with Gasteiger partial charge in [0.05, 0.1) is 44.3 Å². The van der Waals surface area contributed by atoms with Crippen LogP contribution in [0.25, 0.3) is 5.69 Å². The van der Waals surface area contributed by atoms with Crippen LogP contribution in [0.2, 0.25) is 5.02 Å². The SMILES string of the molecule is COc1cccc(OC)c1-n1c(NS(=O)(=O)C(C)C(C)c2ncc(Cl)cn2)nnc1[C@H]1COCCO1. The molecule has 14 heteroatoms. The molecule has 36 heavy (non-hydrogen) atoms. The maximum absolute atomic E-state index is 13.5. The largest absolute Gasteiger partial charge is 0.494 e. The van der Waals surface area contributed by atoms with Crippen LogP contribution in [0.4, 0.5) is 5.95 Å². The van der Waals surface area contributed by atoms with E-state index in [-0.39, 0.29) is 12.6 Å². The first-order valence-corrected chi connectivity index (χ1v) is 13.0. The number of aromatic nitrogens is 5. The number of anilines is 1. The Hall–Kier alpha value is -3.00. The molecule has 1 fully saturated rings. The maximum atomic E-state index is 13.5. The van der Waals surface area contributed by atoms with Gasteiger partial charge < -0.3 is 18.9 Å². The Bertz CT molecular complexity index is 1270. The summed E-state index contributed by atoms with van der Waals surface area (Å²) in [5.74, 6) is 0.909. The summed E-state index contributed by atoms with van der Waals surface area (Å²) in [6, 6.07) is 5.20. The first kappa shape index (κ1) is 26.1. The predicted octanol–water partition coefficient (Wildman–Crippen LogP) is 2.75. The van der Waals surface area contributed by atoms with Crippen molar-refractivity contribution in [2.75, 3.05) is 38.8 Å². The third kappa shape index (κ3) is 5.24. The third-order valence-corrected chi connectivity index (χ3v) is 7.94. The van der Waals surface area contributed by atoms with Gasteiger partial charge in [0, 0.05) is 18.3 Å². The fraction of sp³-hybridized carbons (Fsp3) is 0.455. The monoisotopic (exact) mass is 538 g/mol. The van der Waals surface area contributed by atoms with Crippen molar-refractivity contribution >= 4 is 27.6 Å². The quantitative estimate of drug-likeness (QED) is 0.432. The molecule has 0 spiro atoms. The fourth-order valence-corrected chi connectivity index (χ4v) is 5.07. The van der Waals surface area contributed by atoms with E-state index in [1.54, 1.807) is 32.0 Å². The Morgan fingerprint density at radius 3 is 2.36 bits per heavy atom. The number of hydrogen-bond acceptors (Lipinski definition) is 10. The van der Waals surface area contributed by atoms with Crippen molar-refractivity contribution in [2.24, 2.45) is 0 Å². The highest BCUT2D eigenvalue weighted by molar-refractivity contribution is 7.93. The lowest BCUT2D eigenvalue weighted by atomic mass is 10.1. The van der Waals surface area contributed by atoms with Crippen molar-refractivity contribution in [1.82, 2.24) is 24.7 Å². The number of benzene rings is 1. The molecule has 12 nitrogen and oxygen atoms in total. The first-order chi connectivity index (χ1) is 17.3. The minimum absolute atomic E-state index is 0.0574. The second-order valence-electron chi connectivity index (χ2n) is 8.06. The van der Waals surface area contributed by atoms with E-state index in [0.29, 0.717) is 47.1 Å². The molecule has 1 aliphatic heterocycles. The van der Waals surface area contributed by atoms with E-state index in [1.165, 1.54) is 31.2 Å². The number of nitrogens with zero attached hydrogens (tertiary/aromatic N) is 5. The molecule has 0 aliphatic carbocycles. The van der Waals surface area contributed by atoms with Crippen LogP contribution < -0.4 is 14.2 Å². The predicted molar refractivity (Wildman–Crippen MR) is 131 cm³/mol. The van der Waals surface area contributed by atoms with E-state index in [1.807, 2.05) is 0 Å². The summed E-state index contributed by atoms with van der Waals surface area (Å²) in [6.07, 6.45) is 2.27. The average molecular weight is 539 g/mol. The number of para-hydroxylation sites is 1. The standard InChI is InChI=1S/C22H27ClN6O6S/c1-13(20-24-10-15(23)11-25-20)14(2)36(30,31)28-22-27-26-21(18-12-34-8-9-35-18)29(22)19-16(32-3)6-5-7-17(19)33-4/h5-7,10-11,13-14,18H,8-9,12H2,1-4H3,(H,27,28)/t13?,14?,18-/m1/s1. The maximum Gasteiger partial charge on any atom is 0.243 e. The van der Waals surface area contributed by atoms with Crippen molar-refractivity contribution in [1.29, 1.82) is 0 Å². The van der Waals surface area contributed by atoms with Crippen LogP contribution in [0.1, 0.15) is 37.5 Å². The Morgan fingerprint density at radius 1 is 1.11 bits per heavy atom. The van der Waals surface area contributed by atoms with Gasteiger partial charge in [-0.1, -0.05) is 24.6 Å². The van der Waals surface area contributed by atoms with Crippen LogP contribution in [0.3, 0.4) is 0 Å². The number of rotatable bonds is 9. The molecule has 2 aromatic heterocycles. The van der Waals surface area contributed by atoms with Gasteiger partial charge in [0.2, 0.25) is 16.0 Å². The highest BCUT2D eigenvalue weighted by Gasteiger charge is 2.34. The second kappa shape index (κ2) is 10.9. The molecule has 3 aromatic rings. The zero-order chi connectivity index (χ0) is 25.9. The molecule has 194 valence electrons. The smallest absolute Gasteiger partial charge is 0.243 e. The molecule has 1 saturated heterocycles. The number of sulfonamides is 1. The van der Waals surface area contributed by atoms with E-state index >= 15 is 0 Å². The summed E-state index contributed by atoms with van der Waals surface area (Å²) in [7, 11) is -0.993. The molecule has 3 atom stereocenters. The molecular formula is C22H27ClN6O6S. The number of methoxy groups -OCH3 is 2. The fourth-order valence-electron chi connectivity index (χ4n) is 3.74. The van der Waals surface area contributed by atoms with E-state index < -0.39 is 27.3 Å². The van der Waals surface area contributed by atoms with Crippen molar-refractivity contribution in [3.05, 3.63) is 47.3 Å². The van der Waals surface area contributed by atoms with E-state index in [9.17, 15) is 8.42 Å². The van der Waals surface area contributed by atoms with Gasteiger partial charge in [0.25, 0.3) is 0 Å². The van der Waals surface area contributed by atoms with Crippen molar-refractivity contribution in [3.63, 3.8) is 0 Å². The van der Waals surface area contributed by atoms with Gasteiger partial charge in [0.15, 0.2) is 5.82 Å². The summed E-state index contributed by atoms with van der Waals surface area (Å²) in [6.45, 7) is 4.32. The van der Waals surface area contributed by atoms with Crippen LogP contribution in [-0.2, 0) is 19.5 Å². The number of ether oxygens (including phenoxy) is 4. The molecule has 4 rings (SSSR count). The summed E-state index contributed by atoms with van der Waals surface area (Å²) in [5, 5.41) is 7.84. The van der Waals surface area contributed by atoms with Crippen LogP contribution in [0, 0.1) is 0 Å². The zero-order valence-electron chi connectivity index (χ0n) is 20.2. The highest BCUT2D eigenvalue weighted by atomic mass is 35.5. The van der Waals surface area contributed by atoms with E-state index in [0.717, 1.165) is 0 Å². The molecule has 1 N–H and O–H groups in total. The van der Waals surface area contributed by atoms with Gasteiger partial charge in [0.1, 0.15) is 29.1 Å². The molecule has 0 amide bonds. The minimum atomic E-state index is -4.00. The lowest BCUT2D eigenvalue weighted by Gasteiger charge is -2.25. The molecule has 0 saturated carbocycles. The molecule has 1 aromatic carbocycles.